The summed E-state index contributed by atoms with van der Waals surface area (Å²) in [6.07, 6.45) is 0. The van der Waals surface area contributed by atoms with Crippen LogP contribution in [0.2, 0.25) is 0 Å². The Hall–Kier alpha value is -3.32. The second kappa shape index (κ2) is 9.89. The maximum atomic E-state index is 14.0. The van der Waals surface area contributed by atoms with Crippen LogP contribution in [0, 0.1) is 6.92 Å². The van der Waals surface area contributed by atoms with Crippen molar-refractivity contribution in [2.45, 2.75) is 45.8 Å². The van der Waals surface area contributed by atoms with Crippen LogP contribution in [0.5, 0.6) is 11.5 Å². The van der Waals surface area contributed by atoms with Gasteiger partial charge >= 0.3 is 0 Å². The van der Waals surface area contributed by atoms with Gasteiger partial charge in [-0.05, 0) is 62.9 Å². The molecule has 0 saturated heterocycles. The number of carbonyl (C=O) groups is 2. The van der Waals surface area contributed by atoms with Gasteiger partial charge in [-0.3, -0.25) is 9.59 Å². The first-order chi connectivity index (χ1) is 16.2. The highest BCUT2D eigenvalue weighted by atomic mass is 32.1. The van der Waals surface area contributed by atoms with Gasteiger partial charge in [0.1, 0.15) is 19.3 Å². The van der Waals surface area contributed by atoms with E-state index in [1.165, 1.54) is 0 Å². The molecule has 1 atom stereocenters. The average Bonchev–Trinajstić information content (AvgIpc) is 3.31. The summed E-state index contributed by atoms with van der Waals surface area (Å²) >= 11 is 1.56. The van der Waals surface area contributed by atoms with Crippen LogP contribution in [0.15, 0.2) is 60.0 Å². The Morgan fingerprint density at radius 2 is 1.74 bits per heavy atom. The molecule has 1 aliphatic rings. The molecule has 0 aliphatic carbocycles. The van der Waals surface area contributed by atoms with Crippen molar-refractivity contribution in [2.24, 2.45) is 0 Å². The zero-order chi connectivity index (χ0) is 24.3. The fourth-order valence-corrected chi connectivity index (χ4v) is 4.56. The standard InChI is InChI=1S/C27H30N2O4S/c1-18-7-9-19(10-8-18)24(25(30)28-27(2,3)4)29(17-21-6-5-15-34-21)26(31)20-11-12-22-23(16-20)33-14-13-32-22/h5-12,15-16,24H,13-14,17H2,1-4H3,(H,28,30)/t24-/m1/s1. The maximum absolute atomic E-state index is 14.0. The monoisotopic (exact) mass is 478 g/mol. The van der Waals surface area contributed by atoms with Gasteiger partial charge in [-0.25, -0.2) is 0 Å². The molecule has 1 aromatic heterocycles. The van der Waals surface area contributed by atoms with Crippen molar-refractivity contribution in [3.63, 3.8) is 0 Å². The molecule has 4 rings (SSSR count). The number of thiophene rings is 1. The lowest BCUT2D eigenvalue weighted by atomic mass is 9.99. The van der Waals surface area contributed by atoms with E-state index in [1.54, 1.807) is 34.4 Å². The minimum atomic E-state index is -0.803. The zero-order valence-electron chi connectivity index (χ0n) is 20.0. The minimum absolute atomic E-state index is 0.223. The summed E-state index contributed by atoms with van der Waals surface area (Å²) in [5.41, 5.74) is 1.84. The van der Waals surface area contributed by atoms with E-state index in [0.29, 0.717) is 36.8 Å². The topological polar surface area (TPSA) is 67.9 Å². The third-order valence-corrected chi connectivity index (χ3v) is 6.27. The van der Waals surface area contributed by atoms with Crippen molar-refractivity contribution in [1.29, 1.82) is 0 Å². The highest BCUT2D eigenvalue weighted by Gasteiger charge is 2.34. The van der Waals surface area contributed by atoms with Crippen molar-refractivity contribution >= 4 is 23.2 Å². The average molecular weight is 479 g/mol. The number of nitrogens with zero attached hydrogens (tertiary/aromatic N) is 1. The fourth-order valence-electron chi connectivity index (χ4n) is 3.85. The van der Waals surface area contributed by atoms with Crippen molar-refractivity contribution in [3.8, 4) is 11.5 Å². The van der Waals surface area contributed by atoms with Gasteiger partial charge in [0.15, 0.2) is 11.5 Å². The molecule has 0 radical (unpaired) electrons. The number of nitrogens with one attached hydrogen (secondary N) is 1. The zero-order valence-corrected chi connectivity index (χ0v) is 20.8. The Morgan fingerprint density at radius 3 is 2.38 bits per heavy atom. The molecular weight excluding hydrogens is 448 g/mol. The van der Waals surface area contributed by atoms with E-state index < -0.39 is 11.6 Å². The smallest absolute Gasteiger partial charge is 0.255 e. The lowest BCUT2D eigenvalue weighted by molar-refractivity contribution is -0.127. The Labute approximate surface area is 204 Å². The molecule has 3 aromatic rings. The van der Waals surface area contributed by atoms with Crippen molar-refractivity contribution < 1.29 is 19.1 Å². The lowest BCUT2D eigenvalue weighted by Gasteiger charge is -2.34. The molecule has 2 aromatic carbocycles. The number of aryl methyl sites for hydroxylation is 1. The van der Waals surface area contributed by atoms with Crippen molar-refractivity contribution in [2.75, 3.05) is 13.2 Å². The maximum Gasteiger partial charge on any atom is 0.255 e. The molecular formula is C27H30N2O4S. The number of rotatable bonds is 6. The number of hydrogen-bond acceptors (Lipinski definition) is 5. The number of fused-ring (bicyclic) bond motifs is 1. The predicted molar refractivity (Wildman–Crippen MR) is 133 cm³/mol. The van der Waals surface area contributed by atoms with E-state index in [9.17, 15) is 9.59 Å². The molecule has 7 heteroatoms. The van der Waals surface area contributed by atoms with Gasteiger partial charge in [-0.2, -0.15) is 0 Å². The van der Waals surface area contributed by atoms with Crippen molar-refractivity contribution in [3.05, 3.63) is 81.5 Å². The van der Waals surface area contributed by atoms with Crippen molar-refractivity contribution in [1.82, 2.24) is 10.2 Å². The van der Waals surface area contributed by atoms with Crippen LogP contribution in [-0.2, 0) is 11.3 Å². The van der Waals surface area contributed by atoms with Crippen LogP contribution in [0.25, 0.3) is 0 Å². The van der Waals surface area contributed by atoms with Gasteiger partial charge in [0, 0.05) is 16.0 Å². The number of benzene rings is 2. The molecule has 0 bridgehead atoms. The van der Waals surface area contributed by atoms with Crippen LogP contribution in [-0.4, -0.2) is 35.5 Å². The first-order valence-corrected chi connectivity index (χ1v) is 12.2. The second-order valence-corrected chi connectivity index (χ2v) is 10.5. The summed E-state index contributed by atoms with van der Waals surface area (Å²) in [6.45, 7) is 9.02. The molecule has 178 valence electrons. The first-order valence-electron chi connectivity index (χ1n) is 11.3. The Bertz CT molecular complexity index is 1150. The molecule has 1 N–H and O–H groups in total. The summed E-state index contributed by atoms with van der Waals surface area (Å²) in [4.78, 5) is 30.2. The summed E-state index contributed by atoms with van der Waals surface area (Å²) in [7, 11) is 0. The third kappa shape index (κ3) is 5.59. The van der Waals surface area contributed by atoms with Crippen LogP contribution >= 0.6 is 11.3 Å². The van der Waals surface area contributed by atoms with Crippen LogP contribution < -0.4 is 14.8 Å². The third-order valence-electron chi connectivity index (χ3n) is 5.41. The Morgan fingerprint density at radius 1 is 1.03 bits per heavy atom. The molecule has 0 saturated carbocycles. The van der Waals surface area contributed by atoms with Crippen LogP contribution in [0.3, 0.4) is 0 Å². The normalized spacial score (nSPS) is 13.8. The van der Waals surface area contributed by atoms with Gasteiger partial charge in [0.2, 0.25) is 5.91 Å². The number of amides is 2. The number of carbonyl (C=O) groups excluding carboxylic acids is 2. The van der Waals surface area contributed by atoms with E-state index in [1.807, 2.05) is 69.5 Å². The van der Waals surface area contributed by atoms with Gasteiger partial charge < -0.3 is 19.7 Å². The van der Waals surface area contributed by atoms with Gasteiger partial charge in [0.25, 0.3) is 5.91 Å². The largest absolute Gasteiger partial charge is 0.486 e. The molecule has 0 unspecified atom stereocenters. The first kappa shape index (κ1) is 23.8. The van der Waals surface area contributed by atoms with Crippen LogP contribution in [0.1, 0.15) is 53.2 Å². The van der Waals surface area contributed by atoms with E-state index in [4.69, 9.17) is 9.47 Å². The van der Waals surface area contributed by atoms with Gasteiger partial charge in [-0.15, -0.1) is 11.3 Å². The molecule has 6 nitrogen and oxygen atoms in total. The van der Waals surface area contributed by atoms with E-state index in [-0.39, 0.29) is 11.8 Å². The highest BCUT2D eigenvalue weighted by Crippen LogP contribution is 2.33. The molecule has 2 amide bonds. The minimum Gasteiger partial charge on any atom is -0.486 e. The summed E-state index contributed by atoms with van der Waals surface area (Å²) < 4.78 is 11.3. The Balaban J connectivity index is 1.77. The Kier molecular flexibility index (Phi) is 6.93. The SMILES string of the molecule is Cc1ccc([C@H](C(=O)NC(C)(C)C)N(Cc2cccs2)C(=O)c2ccc3c(c2)OCCO3)cc1. The molecule has 34 heavy (non-hydrogen) atoms. The number of ether oxygens (including phenoxy) is 2. The fraction of sp³-hybridized carbons (Fsp3) is 0.333. The van der Waals surface area contributed by atoms with E-state index >= 15 is 0 Å². The summed E-state index contributed by atoms with van der Waals surface area (Å²) in [6, 6.07) is 16.1. The molecule has 2 heterocycles. The highest BCUT2D eigenvalue weighted by molar-refractivity contribution is 7.09. The van der Waals surface area contributed by atoms with Crippen LogP contribution in [0.4, 0.5) is 0 Å². The second-order valence-electron chi connectivity index (χ2n) is 9.42. The predicted octanol–water partition coefficient (Wildman–Crippen LogP) is 5.13. The van der Waals surface area contributed by atoms with Gasteiger partial charge in [-0.1, -0.05) is 35.9 Å². The summed E-state index contributed by atoms with van der Waals surface area (Å²) in [5.74, 6) is 0.686. The molecule has 0 fully saturated rings. The molecule has 1 aliphatic heterocycles. The quantitative estimate of drug-likeness (QED) is 0.534. The van der Waals surface area contributed by atoms with E-state index in [0.717, 1.165) is 16.0 Å². The van der Waals surface area contributed by atoms with E-state index in [2.05, 4.69) is 5.32 Å². The molecule has 0 spiro atoms. The number of hydrogen-bond donors (Lipinski definition) is 1. The lowest BCUT2D eigenvalue weighted by Crippen LogP contribution is -2.49. The summed E-state index contributed by atoms with van der Waals surface area (Å²) in [5, 5.41) is 5.04. The van der Waals surface area contributed by atoms with Gasteiger partial charge in [0.05, 0.1) is 6.54 Å².